The van der Waals surface area contributed by atoms with Gasteiger partial charge < -0.3 is 14.9 Å². The first-order chi connectivity index (χ1) is 9.49. The summed E-state index contributed by atoms with van der Waals surface area (Å²) in [5, 5.41) is 19.6. The number of hydrogen-bond donors (Lipinski definition) is 2. The fraction of sp³-hybridized carbons (Fsp3) is 0.200. The summed E-state index contributed by atoms with van der Waals surface area (Å²) in [5.41, 5.74) is -1.97. The fourth-order valence-corrected chi connectivity index (χ4v) is 2.08. The average Bonchev–Trinajstić information content (AvgIpc) is 2.47. The number of allylic oxidation sites excluding steroid dienone is 1. The minimum atomic E-state index is -2.31. The molecule has 1 aliphatic carbocycles. The number of Topliss-reactive ketones (excluding diaryl/α,β-unsaturated/α-hetero) is 1. The smallest absolute Gasteiger partial charge is 0.341 e. The Bertz CT molecular complexity index is 588. The third-order valence-corrected chi connectivity index (χ3v) is 3.21. The molecule has 0 amide bonds. The first-order valence-electron chi connectivity index (χ1n) is 5.99. The van der Waals surface area contributed by atoms with Crippen molar-refractivity contribution in [2.45, 2.75) is 5.60 Å². The quantitative estimate of drug-likeness (QED) is 0.811. The van der Waals surface area contributed by atoms with Crippen molar-refractivity contribution in [2.24, 2.45) is 5.92 Å². The molecular formula is C15H14O5. The molecule has 2 N–H and O–H groups in total. The number of carbonyl (C=O) groups is 2. The van der Waals surface area contributed by atoms with E-state index < -0.39 is 23.3 Å². The van der Waals surface area contributed by atoms with Crippen LogP contribution in [0.15, 0.2) is 54.3 Å². The van der Waals surface area contributed by atoms with Gasteiger partial charge in [0.25, 0.3) is 0 Å². The number of carboxylic acids is 1. The largest absolute Gasteiger partial charge is 0.497 e. The SMILES string of the molecule is COC1=CC(O)(C(=O)O)C(C(=O)c2ccccc2)C=C1. The Kier molecular flexibility index (Phi) is 3.72. The molecule has 0 aromatic heterocycles. The van der Waals surface area contributed by atoms with Crippen molar-refractivity contribution in [3.8, 4) is 0 Å². The molecule has 20 heavy (non-hydrogen) atoms. The van der Waals surface area contributed by atoms with E-state index >= 15 is 0 Å². The van der Waals surface area contributed by atoms with Gasteiger partial charge in [0, 0.05) is 11.6 Å². The van der Waals surface area contributed by atoms with Gasteiger partial charge in [0.1, 0.15) is 5.76 Å². The fourth-order valence-electron chi connectivity index (χ4n) is 2.08. The average molecular weight is 274 g/mol. The van der Waals surface area contributed by atoms with E-state index in [2.05, 4.69) is 0 Å². The lowest BCUT2D eigenvalue weighted by Gasteiger charge is -2.29. The Balaban J connectivity index is 2.41. The van der Waals surface area contributed by atoms with Gasteiger partial charge in [0.15, 0.2) is 11.4 Å². The zero-order valence-corrected chi connectivity index (χ0v) is 10.8. The molecule has 0 aliphatic heterocycles. The molecule has 1 aromatic rings. The first kappa shape index (κ1) is 14.0. The monoisotopic (exact) mass is 274 g/mol. The van der Waals surface area contributed by atoms with Crippen molar-refractivity contribution in [1.29, 1.82) is 0 Å². The molecule has 5 nitrogen and oxygen atoms in total. The molecular weight excluding hydrogens is 260 g/mol. The summed E-state index contributed by atoms with van der Waals surface area (Å²) in [6.07, 6.45) is 3.87. The van der Waals surface area contributed by atoms with Gasteiger partial charge in [-0.25, -0.2) is 4.79 Å². The Morgan fingerprint density at radius 2 is 1.90 bits per heavy atom. The standard InChI is InChI=1S/C15H14O5/c1-20-11-7-8-12(15(19,9-11)14(17)18)13(16)10-5-3-2-4-6-10/h2-9,12,19H,1H3,(H,17,18). The lowest BCUT2D eigenvalue weighted by Crippen LogP contribution is -2.48. The molecule has 1 aromatic carbocycles. The normalized spacial score (nSPS) is 24.9. The molecule has 0 fully saturated rings. The van der Waals surface area contributed by atoms with Crippen LogP contribution in [0.2, 0.25) is 0 Å². The van der Waals surface area contributed by atoms with Gasteiger partial charge in [-0.1, -0.05) is 36.4 Å². The first-order valence-corrected chi connectivity index (χ1v) is 5.99. The molecule has 0 bridgehead atoms. The van der Waals surface area contributed by atoms with Gasteiger partial charge in [0.2, 0.25) is 0 Å². The summed E-state index contributed by atoms with van der Waals surface area (Å²) in [4.78, 5) is 23.7. The Labute approximate surface area is 115 Å². The maximum Gasteiger partial charge on any atom is 0.341 e. The van der Waals surface area contributed by atoms with Crippen LogP contribution in [0.4, 0.5) is 0 Å². The molecule has 5 heteroatoms. The van der Waals surface area contributed by atoms with Crippen LogP contribution in [-0.2, 0) is 9.53 Å². The third kappa shape index (κ3) is 2.35. The van der Waals surface area contributed by atoms with E-state index in [0.717, 1.165) is 6.08 Å². The lowest BCUT2D eigenvalue weighted by atomic mass is 9.78. The van der Waals surface area contributed by atoms with Crippen molar-refractivity contribution >= 4 is 11.8 Å². The summed E-state index contributed by atoms with van der Waals surface area (Å²) < 4.78 is 4.91. The Morgan fingerprint density at radius 3 is 2.45 bits per heavy atom. The molecule has 2 rings (SSSR count). The summed E-state index contributed by atoms with van der Waals surface area (Å²) in [6, 6.07) is 8.26. The molecule has 0 radical (unpaired) electrons. The molecule has 2 unspecified atom stereocenters. The Hall–Kier alpha value is -2.40. The van der Waals surface area contributed by atoms with Gasteiger partial charge in [-0.05, 0) is 6.08 Å². The van der Waals surface area contributed by atoms with E-state index in [4.69, 9.17) is 4.74 Å². The topological polar surface area (TPSA) is 83.8 Å². The summed E-state index contributed by atoms with van der Waals surface area (Å²) in [5.74, 6) is -2.95. The minimum Gasteiger partial charge on any atom is -0.497 e. The second-order valence-electron chi connectivity index (χ2n) is 4.45. The number of carbonyl (C=O) groups excluding carboxylic acids is 1. The number of benzene rings is 1. The van der Waals surface area contributed by atoms with Crippen LogP contribution in [0.5, 0.6) is 0 Å². The zero-order chi connectivity index (χ0) is 14.8. The van der Waals surface area contributed by atoms with E-state index in [9.17, 15) is 19.8 Å². The number of ketones is 1. The van der Waals surface area contributed by atoms with Gasteiger partial charge in [0.05, 0.1) is 13.0 Å². The zero-order valence-electron chi connectivity index (χ0n) is 10.8. The van der Waals surface area contributed by atoms with Crippen molar-refractivity contribution in [3.05, 3.63) is 59.9 Å². The predicted molar refractivity (Wildman–Crippen MR) is 71.1 cm³/mol. The molecule has 0 saturated carbocycles. The van der Waals surface area contributed by atoms with Gasteiger partial charge in [-0.15, -0.1) is 0 Å². The number of rotatable bonds is 4. The molecule has 0 heterocycles. The molecule has 1 aliphatic rings. The summed E-state index contributed by atoms with van der Waals surface area (Å²) in [6.45, 7) is 0. The minimum absolute atomic E-state index is 0.201. The van der Waals surface area contributed by atoms with E-state index in [0.29, 0.717) is 5.56 Å². The van der Waals surface area contributed by atoms with Crippen LogP contribution in [0, 0.1) is 5.92 Å². The van der Waals surface area contributed by atoms with E-state index in [1.807, 2.05) is 0 Å². The van der Waals surface area contributed by atoms with Gasteiger partial charge >= 0.3 is 5.97 Å². The summed E-state index contributed by atoms with van der Waals surface area (Å²) in [7, 11) is 1.36. The molecule has 0 saturated heterocycles. The molecule has 104 valence electrons. The Morgan fingerprint density at radius 1 is 1.25 bits per heavy atom. The lowest BCUT2D eigenvalue weighted by molar-refractivity contribution is -0.155. The van der Waals surface area contributed by atoms with Crippen molar-refractivity contribution in [3.63, 3.8) is 0 Å². The van der Waals surface area contributed by atoms with Gasteiger partial charge in [-0.2, -0.15) is 0 Å². The van der Waals surface area contributed by atoms with E-state index in [-0.39, 0.29) is 5.76 Å². The van der Waals surface area contributed by atoms with Crippen LogP contribution in [-0.4, -0.2) is 34.7 Å². The van der Waals surface area contributed by atoms with E-state index in [1.165, 1.54) is 19.3 Å². The van der Waals surface area contributed by atoms with Crippen LogP contribution in [0.25, 0.3) is 0 Å². The molecule has 0 spiro atoms. The van der Waals surface area contributed by atoms with Crippen LogP contribution in [0.1, 0.15) is 10.4 Å². The van der Waals surface area contributed by atoms with Crippen LogP contribution in [0.3, 0.4) is 0 Å². The predicted octanol–water partition coefficient (Wildman–Crippen LogP) is 1.40. The number of aliphatic hydroxyl groups is 1. The maximum absolute atomic E-state index is 12.4. The van der Waals surface area contributed by atoms with E-state index in [1.54, 1.807) is 30.3 Å². The van der Waals surface area contributed by atoms with Gasteiger partial charge in [-0.3, -0.25) is 4.79 Å². The number of ether oxygens (including phenoxy) is 1. The highest BCUT2D eigenvalue weighted by Crippen LogP contribution is 2.31. The maximum atomic E-state index is 12.4. The highest BCUT2D eigenvalue weighted by molar-refractivity contribution is 6.03. The number of hydrogen-bond acceptors (Lipinski definition) is 4. The van der Waals surface area contributed by atoms with Crippen molar-refractivity contribution < 1.29 is 24.5 Å². The van der Waals surface area contributed by atoms with Crippen molar-refractivity contribution in [1.82, 2.24) is 0 Å². The van der Waals surface area contributed by atoms with Crippen LogP contribution < -0.4 is 0 Å². The highest BCUT2D eigenvalue weighted by atomic mass is 16.5. The molecule has 2 atom stereocenters. The van der Waals surface area contributed by atoms with Crippen LogP contribution >= 0.6 is 0 Å². The second-order valence-corrected chi connectivity index (χ2v) is 4.45. The highest BCUT2D eigenvalue weighted by Gasteiger charge is 2.47. The van der Waals surface area contributed by atoms with Crippen molar-refractivity contribution in [2.75, 3.05) is 7.11 Å². The third-order valence-electron chi connectivity index (χ3n) is 3.21. The second kappa shape index (κ2) is 5.30. The number of methoxy groups -OCH3 is 1. The summed E-state index contributed by atoms with van der Waals surface area (Å²) >= 11 is 0. The number of aliphatic carboxylic acids is 1. The number of carboxylic acid groups (broad SMARTS) is 1.